The summed E-state index contributed by atoms with van der Waals surface area (Å²) in [7, 11) is -2.32. The maximum atomic E-state index is 13.2. The number of esters is 1. The monoisotopic (exact) mass is 433 g/mol. The van der Waals surface area contributed by atoms with Gasteiger partial charge in [0.15, 0.2) is 11.5 Å². The number of hydrogen-bond donors (Lipinski definition) is 1. The standard InChI is InChI=1S/C24H38N2O4/c1-14(2)9-17-13-26-8-7-16-10-21(28-5)22(29-6)11-18(16)19(26)12-20(17)30-24(27)23(25)15(3)4/h10-11,14-15,17,19-20,23H,7-9,12-13,25H2,1-6H3/t17?,19?,20?,23-/m0/s1/i6D3,7D2,8D2,10D,11D,12D2,13D2,17D,20D. The van der Waals surface area contributed by atoms with E-state index in [2.05, 4.69) is 0 Å². The minimum atomic E-state index is -3.59. The Labute approximate surface area is 202 Å². The van der Waals surface area contributed by atoms with E-state index < -0.39 is 116 Å². The van der Waals surface area contributed by atoms with E-state index in [1.165, 1.54) is 27.7 Å². The van der Waals surface area contributed by atoms with Crippen LogP contribution in [0.3, 0.4) is 0 Å². The van der Waals surface area contributed by atoms with Crippen molar-refractivity contribution in [2.24, 2.45) is 23.5 Å². The molecule has 0 radical (unpaired) electrons. The molecule has 2 aliphatic rings. The normalized spacial score (nSPS) is 44.3. The van der Waals surface area contributed by atoms with Gasteiger partial charge in [-0.1, -0.05) is 27.7 Å². The van der Waals surface area contributed by atoms with Gasteiger partial charge in [-0.3, -0.25) is 9.69 Å². The summed E-state index contributed by atoms with van der Waals surface area (Å²) in [6.07, 6.45) is -11.2. The molecule has 1 aromatic rings. The van der Waals surface area contributed by atoms with Gasteiger partial charge in [0.2, 0.25) is 0 Å². The van der Waals surface area contributed by atoms with Gasteiger partial charge in [-0.2, -0.15) is 0 Å². The molecule has 1 aromatic carbocycles. The van der Waals surface area contributed by atoms with E-state index in [0.717, 1.165) is 7.11 Å². The van der Waals surface area contributed by atoms with Crippen molar-refractivity contribution in [2.45, 2.75) is 65.0 Å². The predicted octanol–water partition coefficient (Wildman–Crippen LogP) is 3.56. The Morgan fingerprint density at radius 2 is 2.10 bits per heavy atom. The Bertz CT molecular complexity index is 1350. The lowest BCUT2D eigenvalue weighted by Crippen LogP contribution is -2.51. The summed E-state index contributed by atoms with van der Waals surface area (Å²) in [5.41, 5.74) is 3.99. The van der Waals surface area contributed by atoms with Crippen LogP contribution in [0.25, 0.3) is 0 Å². The lowest BCUT2D eigenvalue weighted by molar-refractivity contribution is -0.160. The van der Waals surface area contributed by atoms with Gasteiger partial charge < -0.3 is 19.9 Å². The van der Waals surface area contributed by atoms with Gasteiger partial charge >= 0.3 is 5.97 Å². The van der Waals surface area contributed by atoms with Crippen LogP contribution in [0.15, 0.2) is 12.1 Å². The minimum absolute atomic E-state index is 0.0593. The molecule has 3 unspecified atom stereocenters. The van der Waals surface area contributed by atoms with Crippen LogP contribution in [-0.2, 0) is 15.9 Å². The lowest BCUT2D eigenvalue weighted by Gasteiger charge is -2.47. The molecule has 1 fully saturated rings. The maximum absolute atomic E-state index is 13.2. The zero-order valence-corrected chi connectivity index (χ0v) is 17.7. The smallest absolute Gasteiger partial charge is 0.323 e. The number of piperidine rings is 1. The highest BCUT2D eigenvalue weighted by Crippen LogP contribution is 2.44. The van der Waals surface area contributed by atoms with E-state index in [4.69, 9.17) is 32.3 Å². The van der Waals surface area contributed by atoms with Crippen molar-refractivity contribution in [3.05, 3.63) is 23.2 Å². The van der Waals surface area contributed by atoms with Crippen LogP contribution in [0.2, 0.25) is 0 Å². The number of methoxy groups -OCH3 is 2. The minimum Gasteiger partial charge on any atom is -0.493 e. The topological polar surface area (TPSA) is 74.0 Å². The number of nitrogens with zero attached hydrogens (tertiary/aromatic N) is 1. The van der Waals surface area contributed by atoms with Gasteiger partial charge in [-0.15, -0.1) is 0 Å². The second-order valence-electron chi connectivity index (χ2n) is 7.87. The molecule has 2 aliphatic heterocycles. The molecule has 0 bridgehead atoms. The van der Waals surface area contributed by atoms with E-state index in [9.17, 15) is 13.0 Å². The first-order valence-electron chi connectivity index (χ1n) is 17.2. The number of rotatable bonds is 7. The second-order valence-corrected chi connectivity index (χ2v) is 7.87. The number of carbonyl (C=O) groups excluding carboxylic acids is 1. The summed E-state index contributed by atoms with van der Waals surface area (Å²) in [6.45, 7) is -1.06. The zero-order chi connectivity index (χ0) is 35.3. The zero-order valence-electron chi connectivity index (χ0n) is 32.7. The molecule has 2 heterocycles. The van der Waals surface area contributed by atoms with Crippen molar-refractivity contribution in [1.29, 1.82) is 0 Å². The first-order valence-corrected chi connectivity index (χ1v) is 9.69. The molecule has 0 spiro atoms. The highest BCUT2D eigenvalue weighted by molar-refractivity contribution is 5.76. The van der Waals surface area contributed by atoms with Crippen molar-refractivity contribution >= 4 is 5.97 Å². The Morgan fingerprint density at radius 1 is 1.37 bits per heavy atom. The fraction of sp³-hybridized carbons (Fsp3) is 0.708. The molecule has 0 saturated carbocycles. The van der Waals surface area contributed by atoms with Gasteiger partial charge in [-0.05, 0) is 47.8 Å². The molecule has 0 aromatic heterocycles. The number of fused-ring (bicyclic) bond motifs is 3. The largest absolute Gasteiger partial charge is 0.493 e. The summed E-state index contributed by atoms with van der Waals surface area (Å²) in [5.74, 6) is -7.58. The van der Waals surface area contributed by atoms with Gasteiger partial charge in [0.25, 0.3) is 0 Å². The number of carbonyl (C=O) groups is 1. The molecule has 2 N–H and O–H groups in total. The molecule has 0 aliphatic carbocycles. The van der Waals surface area contributed by atoms with Crippen LogP contribution in [0.5, 0.6) is 11.5 Å². The maximum Gasteiger partial charge on any atom is 0.323 e. The Balaban J connectivity index is 2.61. The quantitative estimate of drug-likeness (QED) is 0.663. The van der Waals surface area contributed by atoms with E-state index in [0.29, 0.717) is 0 Å². The third-order valence-electron chi connectivity index (χ3n) is 4.70. The molecule has 6 nitrogen and oxygen atoms in total. The highest BCUT2D eigenvalue weighted by atomic mass is 16.5. The molecule has 3 rings (SSSR count). The molecule has 1 saturated heterocycles. The van der Waals surface area contributed by atoms with E-state index >= 15 is 0 Å². The van der Waals surface area contributed by atoms with E-state index in [1.54, 1.807) is 0 Å². The average Bonchev–Trinajstić information content (AvgIpc) is 2.85. The summed E-state index contributed by atoms with van der Waals surface area (Å²) < 4.78 is 147. The van der Waals surface area contributed by atoms with Gasteiger partial charge in [0, 0.05) is 43.6 Å². The van der Waals surface area contributed by atoms with Crippen LogP contribution in [0.4, 0.5) is 0 Å². The lowest BCUT2D eigenvalue weighted by atomic mass is 9.79. The SMILES string of the molecule is [2H]c1c(OC([2H])([2H])[2H])c(OC)c([2H])c2c1C1N(C([2H])([2H])C2([2H])[2H])C([2H])([2H])C([2H])(CC(C)C)C([2H])(OC(=O)[C@@H](N)C(C)C)C1([2H])[2H]. The first-order chi connectivity index (χ1) is 20.0. The summed E-state index contributed by atoms with van der Waals surface area (Å²) in [5, 5.41) is 0. The van der Waals surface area contributed by atoms with Crippen molar-refractivity contribution in [1.82, 2.24) is 4.90 Å². The van der Waals surface area contributed by atoms with Crippen LogP contribution in [0, 0.1) is 17.7 Å². The highest BCUT2D eigenvalue weighted by Gasteiger charge is 2.41. The van der Waals surface area contributed by atoms with Crippen molar-refractivity contribution in [2.75, 3.05) is 27.1 Å². The van der Waals surface area contributed by atoms with E-state index in [-0.39, 0.29) is 4.90 Å². The predicted molar refractivity (Wildman–Crippen MR) is 118 cm³/mol. The molecule has 30 heavy (non-hydrogen) atoms. The second kappa shape index (κ2) is 9.56. The van der Waals surface area contributed by atoms with Gasteiger partial charge in [0.1, 0.15) is 12.1 Å². The number of benzene rings is 1. The van der Waals surface area contributed by atoms with E-state index in [1.807, 2.05) is 0 Å². The van der Waals surface area contributed by atoms with Gasteiger partial charge in [-0.25, -0.2) is 0 Å². The van der Waals surface area contributed by atoms with Crippen LogP contribution < -0.4 is 15.2 Å². The molecular formula is C24H38N2O4. The fourth-order valence-corrected chi connectivity index (χ4v) is 3.02. The Kier molecular flexibility index (Phi) is 3.26. The van der Waals surface area contributed by atoms with Crippen molar-refractivity contribution in [3.63, 3.8) is 0 Å². The average molecular weight is 434 g/mol. The Hall–Kier alpha value is -1.79. The molecule has 0 amide bonds. The number of nitrogens with two attached hydrogens (primary N) is 1. The van der Waals surface area contributed by atoms with Crippen molar-refractivity contribution < 1.29 is 39.6 Å². The first kappa shape index (κ1) is 10.2. The van der Waals surface area contributed by atoms with Crippen LogP contribution in [-0.4, -0.2) is 50.1 Å². The molecule has 168 valence electrons. The number of ether oxygens (including phenoxy) is 3. The fourth-order valence-electron chi connectivity index (χ4n) is 3.02. The molecular weight excluding hydrogens is 380 g/mol. The molecule has 4 atom stereocenters. The third-order valence-corrected chi connectivity index (χ3v) is 4.70. The number of hydrogen-bond acceptors (Lipinski definition) is 6. The third kappa shape index (κ3) is 4.75. The van der Waals surface area contributed by atoms with Crippen molar-refractivity contribution in [3.8, 4) is 11.5 Å². The summed E-state index contributed by atoms with van der Waals surface area (Å²) in [6, 6.07) is -6.14. The molecule has 6 heteroatoms. The summed E-state index contributed by atoms with van der Waals surface area (Å²) in [4.78, 5) is 13.3. The summed E-state index contributed by atoms with van der Waals surface area (Å²) >= 11 is 0. The van der Waals surface area contributed by atoms with Gasteiger partial charge in [0.05, 0.1) is 22.4 Å². The van der Waals surface area contributed by atoms with Crippen LogP contribution >= 0.6 is 0 Å². The van der Waals surface area contributed by atoms with Crippen LogP contribution in [0.1, 0.15) is 78.2 Å². The Morgan fingerprint density at radius 3 is 2.73 bits per heavy atom.